The number of aromatic nitrogens is 1. The van der Waals surface area contributed by atoms with Crippen LogP contribution in [0.15, 0.2) is 22.9 Å². The van der Waals surface area contributed by atoms with Crippen molar-refractivity contribution in [3.05, 3.63) is 28.5 Å². The highest BCUT2D eigenvalue weighted by atomic mass is 79.9. The zero-order valence-electron chi connectivity index (χ0n) is 9.79. The Morgan fingerprint density at radius 1 is 1.50 bits per heavy atom. The van der Waals surface area contributed by atoms with Gasteiger partial charge in [0.15, 0.2) is 0 Å². The molecule has 0 aromatic carbocycles. The van der Waals surface area contributed by atoms with Crippen LogP contribution < -0.4 is 4.72 Å². The lowest BCUT2D eigenvalue weighted by molar-refractivity contribution is 0.544. The monoisotopic (exact) mass is 304 g/mol. The second kappa shape index (κ2) is 6.00. The number of rotatable bonds is 4. The fourth-order valence-corrected chi connectivity index (χ4v) is 2.24. The van der Waals surface area contributed by atoms with Crippen LogP contribution in [0.2, 0.25) is 0 Å². The van der Waals surface area contributed by atoms with Crippen LogP contribution in [-0.2, 0) is 17.8 Å². The number of hydrogen-bond donors (Lipinski definition) is 1. The maximum atomic E-state index is 11.7. The topological polar surface area (TPSA) is 48.0 Å². The molecule has 0 aliphatic rings. The fourth-order valence-electron chi connectivity index (χ4n) is 1.10. The van der Waals surface area contributed by atoms with Gasteiger partial charge in [-0.15, -0.1) is 4.72 Å². The summed E-state index contributed by atoms with van der Waals surface area (Å²) in [7, 11) is 0. The van der Waals surface area contributed by atoms with Gasteiger partial charge in [0.05, 0.1) is 0 Å². The Morgan fingerprint density at radius 2 is 2.19 bits per heavy atom. The van der Waals surface area contributed by atoms with E-state index in [-0.39, 0.29) is 4.75 Å². The van der Waals surface area contributed by atoms with Crippen LogP contribution in [0.3, 0.4) is 0 Å². The molecule has 1 atom stereocenters. The molecule has 1 aromatic rings. The van der Waals surface area contributed by atoms with Crippen molar-refractivity contribution in [3.8, 4) is 0 Å². The molecule has 1 heterocycles. The molecule has 0 amide bonds. The van der Waals surface area contributed by atoms with Crippen LogP contribution in [-0.4, -0.2) is 20.8 Å². The number of nitrogens with zero attached hydrogens (tertiary/aromatic N) is 1. The van der Waals surface area contributed by atoms with Gasteiger partial charge in [0.1, 0.15) is 9.35 Å². The molecule has 1 rings (SSSR count). The quantitative estimate of drug-likeness (QED) is 0.686. The lowest BCUT2D eigenvalue weighted by Gasteiger charge is -2.23. The van der Waals surface area contributed by atoms with Crippen molar-refractivity contribution < 1.29 is 4.55 Å². The highest BCUT2D eigenvalue weighted by Gasteiger charge is 2.25. The maximum absolute atomic E-state index is 11.7. The van der Waals surface area contributed by atoms with Crippen LogP contribution in [0.4, 0.5) is 0 Å². The smallest absolute Gasteiger partial charge is 0.136 e. The molecule has 90 valence electrons. The van der Waals surface area contributed by atoms with Gasteiger partial charge in [0, 0.05) is 24.1 Å². The second-order valence-electron chi connectivity index (χ2n) is 4.51. The van der Waals surface area contributed by atoms with Gasteiger partial charge in [-0.25, -0.2) is 4.98 Å². The van der Waals surface area contributed by atoms with Gasteiger partial charge in [-0.05, 0) is 60.8 Å². The molecular weight excluding hydrogens is 288 g/mol. The normalized spacial score (nSPS) is 13.8. The molecule has 0 saturated heterocycles. The number of pyridine rings is 1. The molecule has 0 aliphatic carbocycles. The first-order valence-corrected chi connectivity index (χ1v) is 7.09. The van der Waals surface area contributed by atoms with Crippen molar-refractivity contribution in [1.82, 2.24) is 9.71 Å². The van der Waals surface area contributed by atoms with Crippen LogP contribution in [0, 0.1) is 0 Å². The van der Waals surface area contributed by atoms with E-state index in [0.29, 0.717) is 6.54 Å². The van der Waals surface area contributed by atoms with Crippen LogP contribution >= 0.6 is 15.9 Å². The number of hydrogen-bond acceptors (Lipinski definition) is 3. The first-order valence-electron chi connectivity index (χ1n) is 5.15. The summed E-state index contributed by atoms with van der Waals surface area (Å²) >= 11 is 2.33. The van der Waals surface area contributed by atoms with Gasteiger partial charge < -0.3 is 4.55 Å². The summed E-state index contributed by atoms with van der Waals surface area (Å²) in [6.45, 7) is 6.58. The van der Waals surface area contributed by atoms with Gasteiger partial charge in [0.25, 0.3) is 0 Å². The molecule has 0 unspecified atom stereocenters. The largest absolute Gasteiger partial charge is 0.598 e. The van der Waals surface area contributed by atoms with Crippen LogP contribution in [0.1, 0.15) is 26.3 Å². The average molecular weight is 305 g/mol. The summed E-state index contributed by atoms with van der Waals surface area (Å²) < 4.78 is 15.4. The summed E-state index contributed by atoms with van der Waals surface area (Å²) in [6, 6.07) is 3.94. The molecule has 1 aromatic heterocycles. The molecular formula is C11H17BrN2OS. The van der Waals surface area contributed by atoms with E-state index in [2.05, 4.69) is 25.6 Å². The molecule has 0 spiro atoms. The highest BCUT2D eigenvalue weighted by Crippen LogP contribution is 2.13. The Labute approximate surface area is 108 Å². The average Bonchev–Trinajstić information content (AvgIpc) is 2.16. The van der Waals surface area contributed by atoms with E-state index in [9.17, 15) is 4.55 Å². The summed E-state index contributed by atoms with van der Waals surface area (Å²) in [5.74, 6) is 0. The molecule has 1 N–H and O–H groups in total. The number of halogens is 1. The van der Waals surface area contributed by atoms with E-state index >= 15 is 0 Å². The molecule has 16 heavy (non-hydrogen) atoms. The molecule has 3 nitrogen and oxygen atoms in total. The van der Waals surface area contributed by atoms with Gasteiger partial charge in [0.2, 0.25) is 0 Å². The lowest BCUT2D eigenvalue weighted by atomic mass is 10.2. The third kappa shape index (κ3) is 4.82. The minimum atomic E-state index is -0.994. The molecule has 0 radical (unpaired) electrons. The van der Waals surface area contributed by atoms with Gasteiger partial charge in [-0.2, -0.15) is 0 Å². The van der Waals surface area contributed by atoms with Crippen molar-refractivity contribution in [3.63, 3.8) is 0 Å². The van der Waals surface area contributed by atoms with E-state index < -0.39 is 11.4 Å². The SMILES string of the molecule is CC(C)(C)[S@+]([O-])NCCc1ccnc(Br)c1. The molecule has 5 heteroatoms. The van der Waals surface area contributed by atoms with E-state index in [1.165, 1.54) is 5.56 Å². The predicted octanol–water partition coefficient (Wildman–Crippen LogP) is 2.44. The number of nitrogens with one attached hydrogen (secondary N) is 1. The Hall–Kier alpha value is -0.100. The van der Waals surface area contributed by atoms with Crippen molar-refractivity contribution in [2.75, 3.05) is 6.54 Å². The van der Waals surface area contributed by atoms with Gasteiger partial charge in [-0.3, -0.25) is 0 Å². The highest BCUT2D eigenvalue weighted by molar-refractivity contribution is 9.10. The zero-order chi connectivity index (χ0) is 12.2. The minimum absolute atomic E-state index is 0.209. The summed E-state index contributed by atoms with van der Waals surface area (Å²) in [6.07, 6.45) is 2.61. The van der Waals surface area contributed by atoms with Crippen molar-refractivity contribution in [1.29, 1.82) is 0 Å². The van der Waals surface area contributed by atoms with Gasteiger partial charge >= 0.3 is 0 Å². The van der Waals surface area contributed by atoms with Crippen molar-refractivity contribution in [2.24, 2.45) is 0 Å². The van der Waals surface area contributed by atoms with Crippen molar-refractivity contribution >= 4 is 27.3 Å². The van der Waals surface area contributed by atoms with E-state index in [0.717, 1.165) is 11.0 Å². The van der Waals surface area contributed by atoms with E-state index in [1.54, 1.807) is 6.20 Å². The first-order chi connectivity index (χ1) is 7.39. The second-order valence-corrected chi connectivity index (χ2v) is 7.38. The molecule has 0 aliphatic heterocycles. The summed E-state index contributed by atoms with van der Waals surface area (Å²) in [4.78, 5) is 4.06. The standard InChI is InChI=1S/C11H17BrN2OS/c1-11(2,3)16(15)14-7-5-9-4-6-13-10(12)8-9/h4,6,8,14H,5,7H2,1-3H3/t16-/m0/s1. The van der Waals surface area contributed by atoms with Crippen LogP contribution in [0.5, 0.6) is 0 Å². The Morgan fingerprint density at radius 3 is 2.75 bits per heavy atom. The third-order valence-electron chi connectivity index (χ3n) is 1.99. The van der Waals surface area contributed by atoms with E-state index in [4.69, 9.17) is 0 Å². The van der Waals surface area contributed by atoms with Gasteiger partial charge in [-0.1, -0.05) is 0 Å². The first kappa shape index (κ1) is 14.0. The molecule has 0 fully saturated rings. The Bertz CT molecular complexity index is 341. The maximum Gasteiger partial charge on any atom is 0.136 e. The Balaban J connectivity index is 2.36. The predicted molar refractivity (Wildman–Crippen MR) is 71.5 cm³/mol. The molecule has 0 bridgehead atoms. The van der Waals surface area contributed by atoms with Crippen LogP contribution in [0.25, 0.3) is 0 Å². The third-order valence-corrected chi connectivity index (χ3v) is 4.01. The Kier molecular flexibility index (Phi) is 5.24. The molecule has 0 saturated carbocycles. The summed E-state index contributed by atoms with van der Waals surface area (Å²) in [5.41, 5.74) is 1.18. The summed E-state index contributed by atoms with van der Waals surface area (Å²) in [5, 5.41) is 0. The lowest BCUT2D eigenvalue weighted by Crippen LogP contribution is -2.40. The van der Waals surface area contributed by atoms with Crippen molar-refractivity contribution in [2.45, 2.75) is 31.9 Å². The van der Waals surface area contributed by atoms with E-state index in [1.807, 2.05) is 32.9 Å². The minimum Gasteiger partial charge on any atom is -0.598 e. The zero-order valence-corrected chi connectivity index (χ0v) is 12.2. The fraction of sp³-hybridized carbons (Fsp3) is 0.545.